The molecule has 0 unspecified atom stereocenters. The summed E-state index contributed by atoms with van der Waals surface area (Å²) in [5.41, 5.74) is 2.06. The fourth-order valence-corrected chi connectivity index (χ4v) is 5.69. The first-order valence-corrected chi connectivity index (χ1v) is 12.2. The van der Waals surface area contributed by atoms with Gasteiger partial charge in [0.05, 0.1) is 5.75 Å². The number of para-hydroxylation sites is 1. The van der Waals surface area contributed by atoms with Crippen molar-refractivity contribution >= 4 is 45.8 Å². The van der Waals surface area contributed by atoms with E-state index in [4.69, 9.17) is 4.74 Å². The zero-order chi connectivity index (χ0) is 20.9. The van der Waals surface area contributed by atoms with Crippen LogP contribution in [0.25, 0.3) is 0 Å². The maximum Gasteiger partial charge on any atom is 0.316 e. The van der Waals surface area contributed by atoms with E-state index in [-0.39, 0.29) is 24.3 Å². The monoisotopic (exact) mass is 446 g/mol. The number of thioether (sulfide) groups is 1. The van der Waals surface area contributed by atoms with Gasteiger partial charge in [-0.1, -0.05) is 60.6 Å². The number of ether oxygens (including phenoxy) is 1. The van der Waals surface area contributed by atoms with Gasteiger partial charge in [0.2, 0.25) is 5.13 Å². The predicted octanol–water partition coefficient (Wildman–Crippen LogP) is 3.90. The van der Waals surface area contributed by atoms with Gasteiger partial charge in [0, 0.05) is 17.8 Å². The number of carbonyl (C=O) groups excluding carboxylic acids is 2. The molecule has 1 N–H and O–H groups in total. The summed E-state index contributed by atoms with van der Waals surface area (Å²) in [7, 11) is 0. The Morgan fingerprint density at radius 3 is 2.87 bits per heavy atom. The molecule has 30 heavy (non-hydrogen) atoms. The van der Waals surface area contributed by atoms with Crippen LogP contribution in [0.1, 0.15) is 44.6 Å². The summed E-state index contributed by atoms with van der Waals surface area (Å²) in [6.45, 7) is 1.76. The normalized spacial score (nSPS) is 18.8. The van der Waals surface area contributed by atoms with Crippen molar-refractivity contribution in [2.75, 3.05) is 22.6 Å². The number of amides is 1. The fourth-order valence-electron chi connectivity index (χ4n) is 4.07. The Hall–Kier alpha value is -2.13. The Balaban J connectivity index is 1.21. The highest BCUT2D eigenvalue weighted by Gasteiger charge is 2.31. The zero-order valence-corrected chi connectivity index (χ0v) is 18.6. The minimum atomic E-state index is -0.425. The molecule has 4 rings (SSSR count). The summed E-state index contributed by atoms with van der Waals surface area (Å²) in [5.74, 6) is -0.511. The molecular weight excluding hydrogens is 420 g/mol. The smallest absolute Gasteiger partial charge is 0.316 e. The van der Waals surface area contributed by atoms with E-state index in [1.807, 2.05) is 31.2 Å². The third kappa shape index (κ3) is 5.13. The topological polar surface area (TPSA) is 84.4 Å². The second-order valence-electron chi connectivity index (χ2n) is 7.75. The minimum absolute atomic E-state index is 0.0689. The molecular formula is C21H26N4O3S2. The first-order chi connectivity index (χ1) is 14.6. The molecule has 0 saturated heterocycles. The molecule has 9 heteroatoms. The molecule has 1 amide bonds. The molecule has 0 radical (unpaired) electrons. The number of nitrogens with zero attached hydrogens (tertiary/aromatic N) is 3. The number of hydrogen-bond donors (Lipinski definition) is 1. The van der Waals surface area contributed by atoms with Crippen LogP contribution in [0, 0.1) is 0 Å². The molecule has 1 atom stereocenters. The van der Waals surface area contributed by atoms with Gasteiger partial charge < -0.3 is 15.0 Å². The number of carbonyl (C=O) groups is 2. The first-order valence-electron chi connectivity index (χ1n) is 10.4. The number of esters is 1. The van der Waals surface area contributed by atoms with Crippen molar-refractivity contribution in [3.63, 3.8) is 0 Å². The highest BCUT2D eigenvalue weighted by molar-refractivity contribution is 8.01. The molecule has 1 fully saturated rings. The van der Waals surface area contributed by atoms with Crippen LogP contribution in [0.15, 0.2) is 28.6 Å². The van der Waals surface area contributed by atoms with E-state index >= 15 is 0 Å². The van der Waals surface area contributed by atoms with Crippen molar-refractivity contribution < 1.29 is 14.3 Å². The summed E-state index contributed by atoms with van der Waals surface area (Å²) in [5, 5.41) is 12.5. The average molecular weight is 447 g/mol. The van der Waals surface area contributed by atoms with Crippen molar-refractivity contribution in [2.45, 2.75) is 61.9 Å². The van der Waals surface area contributed by atoms with Crippen LogP contribution in [0.5, 0.6) is 0 Å². The molecule has 0 spiro atoms. The van der Waals surface area contributed by atoms with E-state index < -0.39 is 5.97 Å². The summed E-state index contributed by atoms with van der Waals surface area (Å²) in [6, 6.07) is 8.39. The predicted molar refractivity (Wildman–Crippen MR) is 119 cm³/mol. The summed E-state index contributed by atoms with van der Waals surface area (Å²) >= 11 is 2.74. The molecule has 7 nitrogen and oxygen atoms in total. The van der Waals surface area contributed by atoms with Crippen molar-refractivity contribution in [1.29, 1.82) is 0 Å². The Kier molecular flexibility index (Phi) is 6.89. The molecule has 1 aromatic carbocycles. The van der Waals surface area contributed by atoms with Crippen molar-refractivity contribution in [1.82, 2.24) is 10.2 Å². The lowest BCUT2D eigenvalue weighted by Gasteiger charge is -2.22. The Labute approximate surface area is 184 Å². The lowest BCUT2D eigenvalue weighted by Crippen LogP contribution is -2.38. The maximum absolute atomic E-state index is 12.6. The molecule has 160 valence electrons. The van der Waals surface area contributed by atoms with Gasteiger partial charge in [0.1, 0.15) is 0 Å². The van der Waals surface area contributed by atoms with E-state index in [0.717, 1.165) is 27.1 Å². The van der Waals surface area contributed by atoms with Crippen molar-refractivity contribution in [2.24, 2.45) is 0 Å². The zero-order valence-electron chi connectivity index (χ0n) is 17.0. The van der Waals surface area contributed by atoms with Crippen LogP contribution in [0.3, 0.4) is 0 Å². The SMILES string of the molecule is C[C@@H]1Cc2ccccc2N1C(=O)COC(=O)CSc1nnc(NC2CCCCC2)s1. The lowest BCUT2D eigenvalue weighted by atomic mass is 9.96. The minimum Gasteiger partial charge on any atom is -0.455 e. The number of fused-ring (bicyclic) bond motifs is 1. The number of anilines is 2. The highest BCUT2D eigenvalue weighted by Crippen LogP contribution is 2.32. The third-order valence-electron chi connectivity index (χ3n) is 5.49. The number of nitrogens with one attached hydrogen (secondary N) is 1. The molecule has 2 heterocycles. The number of aromatic nitrogens is 2. The van der Waals surface area contributed by atoms with Crippen molar-refractivity contribution in [3.8, 4) is 0 Å². The summed E-state index contributed by atoms with van der Waals surface area (Å²) in [4.78, 5) is 26.4. The van der Waals surface area contributed by atoms with Gasteiger partial charge in [-0.2, -0.15) is 0 Å². The fraction of sp³-hybridized carbons (Fsp3) is 0.524. The molecule has 1 aliphatic heterocycles. The summed E-state index contributed by atoms with van der Waals surface area (Å²) < 4.78 is 5.94. The molecule has 2 aliphatic rings. The Morgan fingerprint density at radius 1 is 1.23 bits per heavy atom. The first kappa shape index (κ1) is 21.1. The van der Waals surface area contributed by atoms with E-state index in [1.54, 1.807) is 4.90 Å². The van der Waals surface area contributed by atoms with Gasteiger partial charge in [0.15, 0.2) is 10.9 Å². The van der Waals surface area contributed by atoms with Crippen LogP contribution in [0.2, 0.25) is 0 Å². The van der Waals surface area contributed by atoms with E-state index in [0.29, 0.717) is 6.04 Å². The van der Waals surface area contributed by atoms with Crippen LogP contribution in [0.4, 0.5) is 10.8 Å². The summed E-state index contributed by atoms with van der Waals surface area (Å²) in [6.07, 6.45) is 6.98. The van der Waals surface area contributed by atoms with Gasteiger partial charge in [-0.05, 0) is 37.8 Å². The van der Waals surface area contributed by atoms with Crippen LogP contribution in [-0.4, -0.2) is 46.5 Å². The second kappa shape index (κ2) is 9.78. The second-order valence-corrected chi connectivity index (χ2v) is 9.95. The van der Waals surface area contributed by atoms with E-state index in [9.17, 15) is 9.59 Å². The van der Waals surface area contributed by atoms with E-state index in [2.05, 4.69) is 15.5 Å². The maximum atomic E-state index is 12.6. The molecule has 1 aliphatic carbocycles. The molecule has 1 aromatic heterocycles. The van der Waals surface area contributed by atoms with Gasteiger partial charge >= 0.3 is 5.97 Å². The van der Waals surface area contributed by atoms with Gasteiger partial charge in [-0.15, -0.1) is 10.2 Å². The van der Waals surface area contributed by atoms with Crippen LogP contribution in [-0.2, 0) is 20.7 Å². The number of hydrogen-bond acceptors (Lipinski definition) is 8. The Morgan fingerprint density at radius 2 is 2.03 bits per heavy atom. The Bertz CT molecular complexity index is 898. The average Bonchev–Trinajstić information content (AvgIpc) is 3.34. The van der Waals surface area contributed by atoms with E-state index in [1.165, 1.54) is 55.2 Å². The molecule has 0 bridgehead atoms. The highest BCUT2D eigenvalue weighted by atomic mass is 32.2. The van der Waals surface area contributed by atoms with Crippen LogP contribution >= 0.6 is 23.1 Å². The molecule has 2 aromatic rings. The largest absolute Gasteiger partial charge is 0.455 e. The number of benzene rings is 1. The molecule has 1 saturated carbocycles. The standard InChI is InChI=1S/C21H26N4O3S2/c1-14-11-15-7-5-6-10-17(15)25(14)18(26)12-28-19(27)13-29-21-24-23-20(30-21)22-16-8-3-2-4-9-16/h5-7,10,14,16H,2-4,8-9,11-13H2,1H3,(H,22,23)/t14-/m1/s1. The van der Waals surface area contributed by atoms with Crippen molar-refractivity contribution in [3.05, 3.63) is 29.8 Å². The lowest BCUT2D eigenvalue weighted by molar-refractivity contribution is -0.145. The van der Waals surface area contributed by atoms with Gasteiger partial charge in [0.25, 0.3) is 5.91 Å². The van der Waals surface area contributed by atoms with Gasteiger partial charge in [-0.3, -0.25) is 9.59 Å². The number of rotatable bonds is 7. The van der Waals surface area contributed by atoms with Gasteiger partial charge in [-0.25, -0.2) is 0 Å². The van der Waals surface area contributed by atoms with Crippen LogP contribution < -0.4 is 10.2 Å². The quantitative estimate of drug-likeness (QED) is 0.510. The third-order valence-corrected chi connectivity index (χ3v) is 7.45.